The number of thiophene rings is 1. The summed E-state index contributed by atoms with van der Waals surface area (Å²) in [7, 11) is 0. The number of imidazole rings is 1. The lowest BCUT2D eigenvalue weighted by atomic mass is 10.4. The van der Waals surface area contributed by atoms with Crippen molar-refractivity contribution in [2.24, 2.45) is 0 Å². The van der Waals surface area contributed by atoms with E-state index in [0.29, 0.717) is 0 Å². The molecular formula is C10H9N3OS2. The Hall–Kier alpha value is -1.24. The topological polar surface area (TPSA) is 50.4 Å². The molecule has 0 atom stereocenters. The van der Waals surface area contributed by atoms with Crippen LogP contribution in [0.1, 0.15) is 11.4 Å². The van der Waals surface area contributed by atoms with Crippen LogP contribution in [0.5, 0.6) is 0 Å². The molecule has 3 rings (SSSR count). The summed E-state index contributed by atoms with van der Waals surface area (Å²) in [5.74, 6) is 0. The molecule has 0 aromatic carbocycles. The van der Waals surface area contributed by atoms with E-state index >= 15 is 0 Å². The molecule has 0 amide bonds. The van der Waals surface area contributed by atoms with Crippen LogP contribution in [0, 0.1) is 6.92 Å². The first-order valence-electron chi connectivity index (χ1n) is 4.79. The normalized spacial score (nSPS) is 11.4. The van der Waals surface area contributed by atoms with Crippen LogP contribution in [0.25, 0.3) is 14.8 Å². The van der Waals surface area contributed by atoms with E-state index in [1.807, 2.05) is 24.4 Å². The molecule has 0 fully saturated rings. The molecule has 0 saturated carbocycles. The fraction of sp³-hybridized carbons (Fsp3) is 0.200. The van der Waals surface area contributed by atoms with Gasteiger partial charge in [-0.2, -0.15) is 5.10 Å². The molecule has 0 unspecified atom stereocenters. The Morgan fingerprint density at radius 3 is 3.06 bits per heavy atom. The van der Waals surface area contributed by atoms with Crippen LogP contribution < -0.4 is 0 Å². The predicted molar refractivity (Wildman–Crippen MR) is 64.8 cm³/mol. The van der Waals surface area contributed by atoms with Crippen molar-refractivity contribution in [2.75, 3.05) is 0 Å². The third kappa shape index (κ3) is 1.38. The molecule has 3 aromatic heterocycles. The van der Waals surface area contributed by atoms with Crippen LogP contribution in [0.4, 0.5) is 0 Å². The highest BCUT2D eigenvalue weighted by atomic mass is 32.1. The first-order valence-corrected chi connectivity index (χ1v) is 6.49. The Labute approximate surface area is 99.8 Å². The maximum Gasteiger partial charge on any atom is 0.213 e. The van der Waals surface area contributed by atoms with E-state index in [0.717, 1.165) is 26.2 Å². The lowest BCUT2D eigenvalue weighted by molar-refractivity contribution is 0.273. The third-order valence-corrected chi connectivity index (χ3v) is 4.33. The molecule has 82 valence electrons. The van der Waals surface area contributed by atoms with Gasteiger partial charge in [0.15, 0.2) is 5.01 Å². The van der Waals surface area contributed by atoms with Crippen molar-refractivity contribution in [1.82, 2.24) is 14.6 Å². The largest absolute Gasteiger partial charge is 0.390 e. The van der Waals surface area contributed by atoms with Crippen LogP contribution in [-0.4, -0.2) is 19.7 Å². The van der Waals surface area contributed by atoms with Crippen molar-refractivity contribution >= 4 is 27.6 Å². The van der Waals surface area contributed by atoms with E-state index in [1.165, 1.54) is 0 Å². The van der Waals surface area contributed by atoms with Gasteiger partial charge >= 0.3 is 0 Å². The van der Waals surface area contributed by atoms with Gasteiger partial charge in [0, 0.05) is 0 Å². The number of nitrogens with zero attached hydrogens (tertiary/aromatic N) is 3. The van der Waals surface area contributed by atoms with Crippen molar-refractivity contribution < 1.29 is 5.11 Å². The zero-order valence-electron chi connectivity index (χ0n) is 8.54. The number of aliphatic hydroxyl groups is 1. The van der Waals surface area contributed by atoms with E-state index in [4.69, 9.17) is 0 Å². The molecule has 3 heterocycles. The molecule has 0 spiro atoms. The zero-order valence-corrected chi connectivity index (χ0v) is 10.2. The molecule has 0 aliphatic rings. The number of fused-ring (bicyclic) bond motifs is 1. The smallest absolute Gasteiger partial charge is 0.213 e. The number of hydrogen-bond acceptors (Lipinski definition) is 5. The summed E-state index contributed by atoms with van der Waals surface area (Å²) in [6, 6.07) is 4.04. The number of aryl methyl sites for hydroxylation is 1. The molecule has 0 aliphatic carbocycles. The number of aliphatic hydroxyl groups excluding tert-OH is 1. The second-order valence-corrected chi connectivity index (χ2v) is 5.28. The van der Waals surface area contributed by atoms with E-state index < -0.39 is 0 Å². The fourth-order valence-electron chi connectivity index (χ4n) is 1.57. The highest BCUT2D eigenvalue weighted by Crippen LogP contribution is 2.30. The van der Waals surface area contributed by atoms with Gasteiger partial charge < -0.3 is 5.11 Å². The summed E-state index contributed by atoms with van der Waals surface area (Å²) in [5.41, 5.74) is 1.62. The molecular weight excluding hydrogens is 242 g/mol. The minimum absolute atomic E-state index is 0.0272. The van der Waals surface area contributed by atoms with Gasteiger partial charge in [-0.05, 0) is 18.4 Å². The molecule has 6 heteroatoms. The van der Waals surface area contributed by atoms with Crippen LogP contribution >= 0.6 is 22.7 Å². The van der Waals surface area contributed by atoms with Crippen molar-refractivity contribution in [2.45, 2.75) is 13.5 Å². The number of aromatic nitrogens is 3. The maximum absolute atomic E-state index is 9.25. The van der Waals surface area contributed by atoms with Crippen molar-refractivity contribution in [3.63, 3.8) is 0 Å². The van der Waals surface area contributed by atoms with Gasteiger partial charge in [0.2, 0.25) is 4.96 Å². The number of rotatable bonds is 2. The van der Waals surface area contributed by atoms with Crippen molar-refractivity contribution in [1.29, 1.82) is 0 Å². The summed E-state index contributed by atoms with van der Waals surface area (Å²) in [4.78, 5) is 6.35. The molecule has 0 aliphatic heterocycles. The van der Waals surface area contributed by atoms with Gasteiger partial charge in [-0.25, -0.2) is 9.50 Å². The first-order chi connectivity index (χ1) is 7.79. The van der Waals surface area contributed by atoms with Crippen molar-refractivity contribution in [3.05, 3.63) is 28.9 Å². The van der Waals surface area contributed by atoms with E-state index in [1.54, 1.807) is 27.2 Å². The van der Waals surface area contributed by atoms with Crippen LogP contribution in [-0.2, 0) is 6.61 Å². The monoisotopic (exact) mass is 251 g/mol. The number of hydrogen-bond donors (Lipinski definition) is 1. The van der Waals surface area contributed by atoms with Crippen LogP contribution in [0.15, 0.2) is 17.5 Å². The quantitative estimate of drug-likeness (QED) is 0.760. The van der Waals surface area contributed by atoms with Crippen molar-refractivity contribution in [3.8, 4) is 9.88 Å². The highest BCUT2D eigenvalue weighted by molar-refractivity contribution is 7.23. The van der Waals surface area contributed by atoms with Gasteiger partial charge in [-0.1, -0.05) is 17.4 Å². The Bertz CT molecular complexity index is 624. The standard InChI is InChI=1S/C10H9N3OS2/c1-6-7(5-14)13-10(11-6)16-9(12-13)8-3-2-4-15-8/h2-4,14H,5H2,1H3. The molecule has 16 heavy (non-hydrogen) atoms. The van der Waals surface area contributed by atoms with E-state index in [2.05, 4.69) is 10.1 Å². The minimum atomic E-state index is -0.0272. The molecule has 3 aromatic rings. The summed E-state index contributed by atoms with van der Waals surface area (Å²) < 4.78 is 1.73. The van der Waals surface area contributed by atoms with Gasteiger partial charge in [-0.15, -0.1) is 11.3 Å². The Balaban J connectivity index is 2.21. The molecule has 0 radical (unpaired) electrons. The van der Waals surface area contributed by atoms with Gasteiger partial charge in [0.25, 0.3) is 0 Å². The van der Waals surface area contributed by atoms with Crippen LogP contribution in [0.2, 0.25) is 0 Å². The van der Waals surface area contributed by atoms with Gasteiger partial charge in [-0.3, -0.25) is 0 Å². The lowest BCUT2D eigenvalue weighted by Gasteiger charge is -1.92. The van der Waals surface area contributed by atoms with Crippen LogP contribution in [0.3, 0.4) is 0 Å². The third-order valence-electron chi connectivity index (χ3n) is 2.38. The zero-order chi connectivity index (χ0) is 11.1. The summed E-state index contributed by atoms with van der Waals surface area (Å²) >= 11 is 3.20. The summed E-state index contributed by atoms with van der Waals surface area (Å²) in [5, 5.41) is 16.7. The van der Waals surface area contributed by atoms with E-state index in [-0.39, 0.29) is 6.61 Å². The molecule has 1 N–H and O–H groups in total. The fourth-order valence-corrected chi connectivity index (χ4v) is 3.33. The van der Waals surface area contributed by atoms with Gasteiger partial charge in [0.1, 0.15) is 0 Å². The Morgan fingerprint density at radius 1 is 1.50 bits per heavy atom. The maximum atomic E-state index is 9.25. The first kappa shape index (κ1) is 9.95. The average molecular weight is 251 g/mol. The van der Waals surface area contributed by atoms with Gasteiger partial charge in [0.05, 0.1) is 22.9 Å². The minimum Gasteiger partial charge on any atom is -0.390 e. The molecule has 4 nitrogen and oxygen atoms in total. The summed E-state index contributed by atoms with van der Waals surface area (Å²) in [6.45, 7) is 1.86. The lowest BCUT2D eigenvalue weighted by Crippen LogP contribution is -1.94. The SMILES string of the molecule is Cc1nc2sc(-c3cccs3)nn2c1CO. The average Bonchev–Trinajstić information content (AvgIpc) is 2.90. The second kappa shape index (κ2) is 3.65. The Morgan fingerprint density at radius 2 is 2.38 bits per heavy atom. The second-order valence-electron chi connectivity index (χ2n) is 3.38. The van der Waals surface area contributed by atoms with E-state index in [9.17, 15) is 5.11 Å². The Kier molecular flexibility index (Phi) is 2.27. The highest BCUT2D eigenvalue weighted by Gasteiger charge is 2.14. The predicted octanol–water partition coefficient (Wildman–Crippen LogP) is 2.32. The molecule has 0 saturated heterocycles. The molecule has 0 bridgehead atoms. The summed E-state index contributed by atoms with van der Waals surface area (Å²) in [6.07, 6.45) is 0.